The lowest BCUT2D eigenvalue weighted by molar-refractivity contribution is -0.384. The van der Waals surface area contributed by atoms with Gasteiger partial charge >= 0.3 is 5.69 Å². The molecule has 0 spiro atoms. The van der Waals surface area contributed by atoms with Gasteiger partial charge < -0.3 is 4.90 Å². The van der Waals surface area contributed by atoms with Gasteiger partial charge in [0.1, 0.15) is 5.15 Å². The zero-order chi connectivity index (χ0) is 14.5. The maximum atomic E-state index is 11.1. The zero-order valence-corrected chi connectivity index (χ0v) is 11.6. The van der Waals surface area contributed by atoms with Crippen LogP contribution in [0.4, 0.5) is 11.5 Å². The first-order chi connectivity index (χ1) is 9.61. The highest BCUT2D eigenvalue weighted by Gasteiger charge is 2.21. The van der Waals surface area contributed by atoms with E-state index in [9.17, 15) is 10.1 Å². The number of aromatic nitrogens is 2. The molecule has 0 saturated heterocycles. The molecule has 0 fully saturated rings. The molecule has 6 nitrogen and oxygen atoms in total. The first-order valence-corrected chi connectivity index (χ1v) is 6.45. The van der Waals surface area contributed by atoms with Gasteiger partial charge in [0.25, 0.3) is 0 Å². The molecule has 0 aliphatic carbocycles. The lowest BCUT2D eigenvalue weighted by Crippen LogP contribution is -2.24. The van der Waals surface area contributed by atoms with Crippen molar-refractivity contribution in [2.45, 2.75) is 13.5 Å². The van der Waals surface area contributed by atoms with Crippen molar-refractivity contribution in [2.75, 3.05) is 11.4 Å². The molecule has 0 N–H and O–H groups in total. The van der Waals surface area contributed by atoms with Crippen molar-refractivity contribution in [1.29, 1.82) is 0 Å². The minimum Gasteiger partial charge on any atom is -0.345 e. The lowest BCUT2D eigenvalue weighted by Gasteiger charge is -2.21. The van der Waals surface area contributed by atoms with E-state index in [4.69, 9.17) is 11.6 Å². The van der Waals surface area contributed by atoms with Crippen LogP contribution in [0.1, 0.15) is 12.6 Å². The third-order valence-corrected chi connectivity index (χ3v) is 2.99. The Morgan fingerprint density at radius 2 is 2.15 bits per heavy atom. The van der Waals surface area contributed by atoms with Gasteiger partial charge in [-0.3, -0.25) is 15.1 Å². The van der Waals surface area contributed by atoms with Crippen molar-refractivity contribution in [1.82, 2.24) is 9.97 Å². The SMILES string of the molecule is CCN(Cc1ccccn1)c1nc(Cl)ccc1[N+](=O)[O-]. The van der Waals surface area contributed by atoms with Crippen molar-refractivity contribution in [3.8, 4) is 0 Å². The minimum absolute atomic E-state index is 0.0628. The van der Waals surface area contributed by atoms with E-state index in [1.807, 2.05) is 25.1 Å². The number of rotatable bonds is 5. The van der Waals surface area contributed by atoms with Crippen LogP contribution >= 0.6 is 11.6 Å². The van der Waals surface area contributed by atoms with Crippen molar-refractivity contribution in [2.24, 2.45) is 0 Å². The Labute approximate surface area is 121 Å². The molecule has 20 heavy (non-hydrogen) atoms. The molecule has 2 aromatic rings. The fourth-order valence-electron chi connectivity index (χ4n) is 1.82. The van der Waals surface area contributed by atoms with Crippen LogP contribution in [0.5, 0.6) is 0 Å². The summed E-state index contributed by atoms with van der Waals surface area (Å²) in [5, 5.41) is 11.3. The molecule has 0 aliphatic rings. The van der Waals surface area contributed by atoms with E-state index in [0.29, 0.717) is 13.1 Å². The zero-order valence-electron chi connectivity index (χ0n) is 10.9. The summed E-state index contributed by atoms with van der Waals surface area (Å²) in [7, 11) is 0. The summed E-state index contributed by atoms with van der Waals surface area (Å²) in [5.74, 6) is 0.260. The van der Waals surface area contributed by atoms with Crippen LogP contribution in [0, 0.1) is 10.1 Å². The van der Waals surface area contributed by atoms with E-state index in [-0.39, 0.29) is 16.7 Å². The molecule has 104 valence electrons. The van der Waals surface area contributed by atoms with Gasteiger partial charge in [-0.1, -0.05) is 17.7 Å². The van der Waals surface area contributed by atoms with Crippen LogP contribution in [0.25, 0.3) is 0 Å². The summed E-state index contributed by atoms with van der Waals surface area (Å²) < 4.78 is 0. The Hall–Kier alpha value is -2.21. The molecule has 7 heteroatoms. The Bertz CT molecular complexity index is 607. The Balaban J connectivity index is 2.36. The van der Waals surface area contributed by atoms with Gasteiger partial charge in [-0.2, -0.15) is 0 Å². The molecule has 0 saturated carbocycles. The van der Waals surface area contributed by atoms with E-state index in [1.54, 1.807) is 11.1 Å². The van der Waals surface area contributed by atoms with Gasteiger partial charge in [0.2, 0.25) is 5.82 Å². The molecule has 0 aromatic carbocycles. The number of nitro groups is 1. The van der Waals surface area contributed by atoms with Crippen LogP contribution in [-0.2, 0) is 6.54 Å². The van der Waals surface area contributed by atoms with Gasteiger partial charge in [-0.15, -0.1) is 0 Å². The number of halogens is 1. The van der Waals surface area contributed by atoms with Gasteiger partial charge in [-0.25, -0.2) is 4.98 Å². The second-order valence-corrected chi connectivity index (χ2v) is 4.46. The summed E-state index contributed by atoms with van der Waals surface area (Å²) in [6.07, 6.45) is 1.68. The first-order valence-electron chi connectivity index (χ1n) is 6.07. The topological polar surface area (TPSA) is 72.2 Å². The van der Waals surface area contributed by atoms with Crippen LogP contribution in [0.2, 0.25) is 5.15 Å². The monoisotopic (exact) mass is 292 g/mol. The summed E-state index contributed by atoms with van der Waals surface area (Å²) in [6, 6.07) is 8.33. The van der Waals surface area contributed by atoms with E-state index < -0.39 is 4.92 Å². The number of hydrogen-bond acceptors (Lipinski definition) is 5. The highest BCUT2D eigenvalue weighted by molar-refractivity contribution is 6.29. The molecular weight excluding hydrogens is 280 g/mol. The maximum absolute atomic E-state index is 11.1. The fraction of sp³-hybridized carbons (Fsp3) is 0.231. The van der Waals surface area contributed by atoms with Gasteiger partial charge in [-0.05, 0) is 25.1 Å². The van der Waals surface area contributed by atoms with Crippen LogP contribution in [0.3, 0.4) is 0 Å². The van der Waals surface area contributed by atoms with E-state index >= 15 is 0 Å². The highest BCUT2D eigenvalue weighted by Crippen LogP contribution is 2.28. The van der Waals surface area contributed by atoms with E-state index in [1.165, 1.54) is 12.1 Å². The van der Waals surface area contributed by atoms with Crippen LogP contribution in [0.15, 0.2) is 36.5 Å². The smallest absolute Gasteiger partial charge is 0.311 e. The van der Waals surface area contributed by atoms with Crippen molar-refractivity contribution in [3.05, 3.63) is 57.5 Å². The van der Waals surface area contributed by atoms with Crippen molar-refractivity contribution < 1.29 is 4.92 Å². The Morgan fingerprint density at radius 3 is 2.75 bits per heavy atom. The average molecular weight is 293 g/mol. The predicted octanol–water partition coefficient (Wildman–Crippen LogP) is 3.06. The average Bonchev–Trinajstić information content (AvgIpc) is 2.45. The quantitative estimate of drug-likeness (QED) is 0.481. The van der Waals surface area contributed by atoms with Crippen LogP contribution < -0.4 is 4.90 Å². The third-order valence-electron chi connectivity index (χ3n) is 2.78. The number of nitrogens with zero attached hydrogens (tertiary/aromatic N) is 4. The highest BCUT2D eigenvalue weighted by atomic mass is 35.5. The van der Waals surface area contributed by atoms with Crippen molar-refractivity contribution in [3.63, 3.8) is 0 Å². The molecule has 0 aliphatic heterocycles. The van der Waals surface area contributed by atoms with Crippen LogP contribution in [-0.4, -0.2) is 21.4 Å². The molecule has 0 radical (unpaired) electrons. The molecule has 0 bridgehead atoms. The largest absolute Gasteiger partial charge is 0.345 e. The minimum atomic E-state index is -0.459. The first kappa shape index (κ1) is 14.2. The molecule has 0 unspecified atom stereocenters. The normalized spacial score (nSPS) is 10.3. The summed E-state index contributed by atoms with van der Waals surface area (Å²) >= 11 is 5.85. The predicted molar refractivity (Wildman–Crippen MR) is 76.9 cm³/mol. The van der Waals surface area contributed by atoms with Crippen molar-refractivity contribution >= 4 is 23.1 Å². The number of hydrogen-bond donors (Lipinski definition) is 0. The lowest BCUT2D eigenvalue weighted by atomic mass is 10.3. The third kappa shape index (κ3) is 3.21. The molecule has 2 rings (SSSR count). The molecule has 2 aromatic heterocycles. The summed E-state index contributed by atoms with van der Waals surface area (Å²) in [6.45, 7) is 2.89. The second-order valence-electron chi connectivity index (χ2n) is 4.07. The standard InChI is InChI=1S/C13H13ClN4O2/c1-2-17(9-10-5-3-4-8-15-10)13-11(18(19)20)6-7-12(14)16-13/h3-8H,2,9H2,1H3. The number of pyridine rings is 2. The second kappa shape index (κ2) is 6.29. The molecule has 0 amide bonds. The molecule has 0 atom stereocenters. The fourth-order valence-corrected chi connectivity index (χ4v) is 1.96. The summed E-state index contributed by atoms with van der Waals surface area (Å²) in [4.78, 5) is 20.7. The maximum Gasteiger partial charge on any atom is 0.311 e. The Kier molecular flexibility index (Phi) is 4.47. The van der Waals surface area contributed by atoms with E-state index in [0.717, 1.165) is 5.69 Å². The molecular formula is C13H13ClN4O2. The van der Waals surface area contributed by atoms with Gasteiger partial charge in [0.05, 0.1) is 17.2 Å². The Morgan fingerprint density at radius 1 is 1.35 bits per heavy atom. The van der Waals surface area contributed by atoms with E-state index in [2.05, 4.69) is 9.97 Å². The molecule has 2 heterocycles. The van der Waals surface area contributed by atoms with Gasteiger partial charge in [0, 0.05) is 18.8 Å². The van der Waals surface area contributed by atoms with Gasteiger partial charge in [0.15, 0.2) is 0 Å². The number of anilines is 1. The summed E-state index contributed by atoms with van der Waals surface area (Å²) in [5.41, 5.74) is 0.748.